The van der Waals surface area contributed by atoms with Crippen LogP contribution in [0.15, 0.2) is 54.9 Å². The van der Waals surface area contributed by atoms with Crippen molar-refractivity contribution in [3.8, 4) is 11.3 Å². The second-order valence-electron chi connectivity index (χ2n) is 5.79. The molecule has 0 radical (unpaired) electrons. The number of fused-ring (bicyclic) bond motifs is 1. The SMILES string of the molecule is CCc1ccccc1-c1cc2cc(Nc3ccn[nH]3)ncc2c(N)n1. The highest BCUT2D eigenvalue weighted by Crippen LogP contribution is 2.29. The van der Waals surface area contributed by atoms with E-state index in [1.165, 1.54) is 5.56 Å². The van der Waals surface area contributed by atoms with E-state index in [0.29, 0.717) is 5.82 Å². The Hall–Kier alpha value is -3.41. The van der Waals surface area contributed by atoms with Crippen molar-refractivity contribution in [2.45, 2.75) is 13.3 Å². The van der Waals surface area contributed by atoms with Crippen LogP contribution in [0, 0.1) is 0 Å². The number of nitrogens with one attached hydrogen (secondary N) is 2. The van der Waals surface area contributed by atoms with Crippen LogP contribution in [0.2, 0.25) is 0 Å². The predicted octanol–water partition coefficient (Wildman–Crippen LogP) is 3.91. The van der Waals surface area contributed by atoms with Crippen LogP contribution in [0.1, 0.15) is 12.5 Å². The number of hydrogen-bond acceptors (Lipinski definition) is 5. The van der Waals surface area contributed by atoms with Gasteiger partial charge in [-0.25, -0.2) is 9.97 Å². The van der Waals surface area contributed by atoms with Gasteiger partial charge in [0.2, 0.25) is 0 Å². The van der Waals surface area contributed by atoms with E-state index < -0.39 is 0 Å². The third kappa shape index (κ3) is 2.89. The molecule has 124 valence electrons. The number of nitrogens with zero attached hydrogens (tertiary/aromatic N) is 3. The molecule has 0 unspecified atom stereocenters. The van der Waals surface area contributed by atoms with Crippen LogP contribution in [-0.4, -0.2) is 20.2 Å². The van der Waals surface area contributed by atoms with Crippen molar-refractivity contribution in [3.05, 3.63) is 60.4 Å². The van der Waals surface area contributed by atoms with Crippen LogP contribution in [0.25, 0.3) is 22.0 Å². The van der Waals surface area contributed by atoms with Crippen LogP contribution in [-0.2, 0) is 6.42 Å². The van der Waals surface area contributed by atoms with Crippen LogP contribution >= 0.6 is 0 Å². The fraction of sp³-hybridized carbons (Fsp3) is 0.105. The van der Waals surface area contributed by atoms with E-state index in [2.05, 4.69) is 50.6 Å². The van der Waals surface area contributed by atoms with Crippen LogP contribution < -0.4 is 11.1 Å². The van der Waals surface area contributed by atoms with E-state index in [1.54, 1.807) is 12.4 Å². The van der Waals surface area contributed by atoms with Gasteiger partial charge >= 0.3 is 0 Å². The van der Waals surface area contributed by atoms with E-state index in [9.17, 15) is 0 Å². The Morgan fingerprint density at radius 1 is 1.16 bits per heavy atom. The zero-order valence-electron chi connectivity index (χ0n) is 13.8. The minimum Gasteiger partial charge on any atom is -0.383 e. The number of aryl methyl sites for hydroxylation is 1. The minimum atomic E-state index is 0.485. The Morgan fingerprint density at radius 3 is 2.84 bits per heavy atom. The number of rotatable bonds is 4. The Bertz CT molecular complexity index is 1020. The topological polar surface area (TPSA) is 92.5 Å². The van der Waals surface area contributed by atoms with Crippen molar-refractivity contribution in [1.29, 1.82) is 0 Å². The number of benzene rings is 1. The molecule has 6 heteroatoms. The number of aromatic nitrogens is 4. The highest BCUT2D eigenvalue weighted by atomic mass is 15.2. The number of pyridine rings is 2. The molecule has 0 atom stereocenters. The van der Waals surface area contributed by atoms with E-state index in [1.807, 2.05) is 24.3 Å². The summed E-state index contributed by atoms with van der Waals surface area (Å²) in [5.41, 5.74) is 9.42. The van der Waals surface area contributed by atoms with Gasteiger partial charge in [0.25, 0.3) is 0 Å². The first kappa shape index (κ1) is 15.1. The molecule has 0 spiro atoms. The third-order valence-electron chi connectivity index (χ3n) is 4.18. The molecule has 3 heterocycles. The van der Waals surface area contributed by atoms with Gasteiger partial charge < -0.3 is 11.1 Å². The maximum atomic E-state index is 6.18. The zero-order chi connectivity index (χ0) is 17.2. The summed E-state index contributed by atoms with van der Waals surface area (Å²) in [5.74, 6) is 1.99. The van der Waals surface area contributed by atoms with Crippen LogP contribution in [0.3, 0.4) is 0 Å². The third-order valence-corrected chi connectivity index (χ3v) is 4.18. The molecule has 0 saturated carbocycles. The summed E-state index contributed by atoms with van der Waals surface area (Å²) >= 11 is 0. The Kier molecular flexibility index (Phi) is 3.78. The molecule has 0 aliphatic rings. The summed E-state index contributed by atoms with van der Waals surface area (Å²) in [4.78, 5) is 8.99. The number of H-pyrrole nitrogens is 1. The van der Waals surface area contributed by atoms with Crippen molar-refractivity contribution in [2.24, 2.45) is 0 Å². The molecule has 0 fully saturated rings. The van der Waals surface area contributed by atoms with Crippen LogP contribution in [0.4, 0.5) is 17.5 Å². The lowest BCUT2D eigenvalue weighted by Gasteiger charge is -2.11. The summed E-state index contributed by atoms with van der Waals surface area (Å²) in [7, 11) is 0. The molecule has 4 N–H and O–H groups in total. The largest absolute Gasteiger partial charge is 0.383 e. The van der Waals surface area contributed by atoms with Crippen molar-refractivity contribution in [3.63, 3.8) is 0 Å². The van der Waals surface area contributed by atoms with Gasteiger partial charge in [-0.3, -0.25) is 5.10 Å². The summed E-state index contributed by atoms with van der Waals surface area (Å²) in [5, 5.41) is 11.8. The Labute approximate surface area is 145 Å². The number of nitrogen functional groups attached to an aromatic ring is 1. The van der Waals surface area contributed by atoms with Crippen molar-refractivity contribution >= 4 is 28.2 Å². The monoisotopic (exact) mass is 330 g/mol. The molecule has 25 heavy (non-hydrogen) atoms. The van der Waals surface area contributed by atoms with Gasteiger partial charge in [-0.1, -0.05) is 31.2 Å². The zero-order valence-corrected chi connectivity index (χ0v) is 13.8. The summed E-state index contributed by atoms with van der Waals surface area (Å²) in [6.45, 7) is 2.14. The fourth-order valence-corrected chi connectivity index (χ4v) is 2.92. The van der Waals surface area contributed by atoms with E-state index in [4.69, 9.17) is 5.73 Å². The lowest BCUT2D eigenvalue weighted by atomic mass is 10.0. The minimum absolute atomic E-state index is 0.485. The van der Waals surface area contributed by atoms with E-state index >= 15 is 0 Å². The molecule has 0 bridgehead atoms. The van der Waals surface area contributed by atoms with Gasteiger partial charge in [-0.05, 0) is 29.5 Å². The maximum absolute atomic E-state index is 6.18. The highest BCUT2D eigenvalue weighted by Gasteiger charge is 2.10. The summed E-state index contributed by atoms with van der Waals surface area (Å²) < 4.78 is 0. The van der Waals surface area contributed by atoms with Crippen molar-refractivity contribution < 1.29 is 0 Å². The van der Waals surface area contributed by atoms with E-state index in [-0.39, 0.29) is 0 Å². The summed E-state index contributed by atoms with van der Waals surface area (Å²) in [6, 6.07) is 14.1. The predicted molar refractivity (Wildman–Crippen MR) is 101 cm³/mol. The fourth-order valence-electron chi connectivity index (χ4n) is 2.92. The normalized spacial score (nSPS) is 10.9. The van der Waals surface area contributed by atoms with Crippen molar-refractivity contribution in [2.75, 3.05) is 11.1 Å². The van der Waals surface area contributed by atoms with Gasteiger partial charge in [-0.15, -0.1) is 0 Å². The van der Waals surface area contributed by atoms with E-state index in [0.717, 1.165) is 40.1 Å². The molecular formula is C19H18N6. The lowest BCUT2D eigenvalue weighted by molar-refractivity contribution is 1.09. The van der Waals surface area contributed by atoms with Crippen molar-refractivity contribution in [1.82, 2.24) is 20.2 Å². The molecular weight excluding hydrogens is 312 g/mol. The lowest BCUT2D eigenvalue weighted by Crippen LogP contribution is -1.99. The second-order valence-corrected chi connectivity index (χ2v) is 5.79. The first-order valence-electron chi connectivity index (χ1n) is 8.15. The summed E-state index contributed by atoms with van der Waals surface area (Å²) in [6.07, 6.45) is 4.37. The second kappa shape index (κ2) is 6.24. The van der Waals surface area contributed by atoms with Gasteiger partial charge in [0.1, 0.15) is 17.5 Å². The van der Waals surface area contributed by atoms with Crippen LogP contribution in [0.5, 0.6) is 0 Å². The Balaban J connectivity index is 1.81. The molecule has 0 aliphatic carbocycles. The molecule has 4 aromatic rings. The molecule has 0 aliphatic heterocycles. The molecule has 1 aromatic carbocycles. The average Bonchev–Trinajstić information content (AvgIpc) is 3.14. The number of hydrogen-bond donors (Lipinski definition) is 3. The first-order valence-corrected chi connectivity index (χ1v) is 8.15. The average molecular weight is 330 g/mol. The van der Waals surface area contributed by atoms with Gasteiger partial charge in [0.15, 0.2) is 0 Å². The molecule has 4 rings (SSSR count). The smallest absolute Gasteiger partial charge is 0.133 e. The highest BCUT2D eigenvalue weighted by molar-refractivity contribution is 5.94. The maximum Gasteiger partial charge on any atom is 0.133 e. The molecule has 3 aromatic heterocycles. The molecule has 0 amide bonds. The standard InChI is InChI=1S/C19H18N6/c1-2-12-5-3-4-6-14(12)16-9-13-10-18(24-17-7-8-22-25-17)21-11-15(13)19(20)23-16/h3-11H,2H2,1H3,(H2,20,23)(H2,21,22,24,25). The van der Waals surface area contributed by atoms with Gasteiger partial charge in [0, 0.05) is 23.2 Å². The molecule has 6 nitrogen and oxygen atoms in total. The van der Waals surface area contributed by atoms with Gasteiger partial charge in [0.05, 0.1) is 11.9 Å². The molecule has 0 saturated heterocycles. The van der Waals surface area contributed by atoms with Gasteiger partial charge in [-0.2, -0.15) is 5.10 Å². The first-order chi connectivity index (χ1) is 12.2. The quantitative estimate of drug-likeness (QED) is 0.527. The Morgan fingerprint density at radius 2 is 2.04 bits per heavy atom. The number of nitrogens with two attached hydrogens (primary N) is 1. The number of aromatic amines is 1. The number of anilines is 3.